The van der Waals surface area contributed by atoms with Crippen molar-refractivity contribution in [3.05, 3.63) is 42.2 Å². The van der Waals surface area contributed by atoms with Crippen molar-refractivity contribution in [1.82, 2.24) is 9.55 Å². The number of imidazole rings is 1. The lowest BCUT2D eigenvalue weighted by molar-refractivity contribution is 0.253. The van der Waals surface area contributed by atoms with Crippen LogP contribution >= 0.6 is 0 Å². The second kappa shape index (κ2) is 6.79. The molecule has 0 saturated heterocycles. The molecule has 0 radical (unpaired) electrons. The van der Waals surface area contributed by atoms with Gasteiger partial charge >= 0.3 is 0 Å². The fraction of sp³-hybridized carbons (Fsp3) is 0.500. The number of hydrogen-bond donors (Lipinski definition) is 1. The molecule has 0 aliphatic carbocycles. The molecule has 2 rings (SSSR count). The van der Waals surface area contributed by atoms with E-state index < -0.39 is 0 Å². The zero-order chi connectivity index (χ0) is 15.4. The molecule has 0 saturated carbocycles. The molecule has 114 valence electrons. The van der Waals surface area contributed by atoms with Gasteiger partial charge in [0.05, 0.1) is 5.69 Å². The second-order valence-corrected chi connectivity index (χ2v) is 6.50. The molecule has 3 nitrogen and oxygen atoms in total. The number of hydrogen-bond acceptors (Lipinski definition) is 2. The molecule has 1 N–H and O–H groups in total. The van der Waals surface area contributed by atoms with E-state index in [1.54, 1.807) is 0 Å². The van der Waals surface area contributed by atoms with Crippen LogP contribution in [0.25, 0.3) is 0 Å². The molecule has 0 aliphatic heterocycles. The summed E-state index contributed by atoms with van der Waals surface area (Å²) in [6, 6.07) is 10.2. The highest BCUT2D eigenvalue weighted by atomic mass is 15.2. The van der Waals surface area contributed by atoms with Gasteiger partial charge in [-0.15, -0.1) is 0 Å². The van der Waals surface area contributed by atoms with Crippen LogP contribution in [0.5, 0.6) is 0 Å². The lowest BCUT2D eigenvalue weighted by Crippen LogP contribution is -2.22. The molecule has 2 aromatic rings. The first-order valence-corrected chi connectivity index (χ1v) is 7.83. The van der Waals surface area contributed by atoms with Crippen molar-refractivity contribution in [3.8, 4) is 0 Å². The summed E-state index contributed by atoms with van der Waals surface area (Å²) in [5.74, 6) is 2.91. The van der Waals surface area contributed by atoms with E-state index in [-0.39, 0.29) is 0 Å². The summed E-state index contributed by atoms with van der Waals surface area (Å²) >= 11 is 0. The minimum atomic E-state index is 0.648. The third kappa shape index (κ3) is 4.10. The first kappa shape index (κ1) is 15.6. The van der Waals surface area contributed by atoms with Gasteiger partial charge in [0.25, 0.3) is 0 Å². The predicted molar refractivity (Wildman–Crippen MR) is 89.9 cm³/mol. The van der Waals surface area contributed by atoms with Crippen LogP contribution in [-0.4, -0.2) is 9.55 Å². The normalized spacial score (nSPS) is 11.6. The topological polar surface area (TPSA) is 29.9 Å². The van der Waals surface area contributed by atoms with Gasteiger partial charge in [-0.25, -0.2) is 4.98 Å². The molecule has 0 aliphatic rings. The number of aromatic nitrogens is 2. The van der Waals surface area contributed by atoms with E-state index in [9.17, 15) is 0 Å². The van der Waals surface area contributed by atoms with Crippen LogP contribution in [0.1, 0.15) is 33.4 Å². The predicted octanol–water partition coefficient (Wildman–Crippen LogP) is 4.86. The Balaban J connectivity index is 2.20. The zero-order valence-electron chi connectivity index (χ0n) is 13.8. The number of para-hydroxylation sites is 1. The molecule has 1 aromatic carbocycles. The zero-order valence-corrected chi connectivity index (χ0v) is 13.8. The van der Waals surface area contributed by atoms with Crippen molar-refractivity contribution < 1.29 is 0 Å². The standard InChI is InChI=1S/C18H27N3/c1-13(2)17(14(3)4)12-21-11-15(5)19-18(21)20-16-9-7-6-8-10-16/h6-11,13-14,17H,12H2,1-5H3,(H,19,20). The lowest BCUT2D eigenvalue weighted by atomic mass is 9.85. The number of nitrogens with one attached hydrogen (secondary N) is 1. The molecule has 0 fully saturated rings. The molecule has 1 heterocycles. The summed E-state index contributed by atoms with van der Waals surface area (Å²) in [6.45, 7) is 12.3. The first-order valence-electron chi connectivity index (χ1n) is 7.83. The average Bonchev–Trinajstić information content (AvgIpc) is 2.76. The van der Waals surface area contributed by atoms with Gasteiger partial charge in [-0.1, -0.05) is 45.9 Å². The van der Waals surface area contributed by atoms with Gasteiger partial charge in [0, 0.05) is 18.4 Å². The molecule has 0 unspecified atom stereocenters. The van der Waals surface area contributed by atoms with Crippen molar-refractivity contribution in [3.63, 3.8) is 0 Å². The van der Waals surface area contributed by atoms with Gasteiger partial charge < -0.3 is 9.88 Å². The van der Waals surface area contributed by atoms with Crippen LogP contribution < -0.4 is 5.32 Å². The Labute approximate surface area is 128 Å². The molecule has 3 heteroatoms. The van der Waals surface area contributed by atoms with Crippen molar-refractivity contribution in [2.24, 2.45) is 17.8 Å². The summed E-state index contributed by atoms with van der Waals surface area (Å²) in [7, 11) is 0. The van der Waals surface area contributed by atoms with E-state index >= 15 is 0 Å². The van der Waals surface area contributed by atoms with Crippen LogP contribution in [-0.2, 0) is 6.54 Å². The highest BCUT2D eigenvalue weighted by Gasteiger charge is 2.19. The molecule has 0 spiro atoms. The number of rotatable bonds is 6. The maximum Gasteiger partial charge on any atom is 0.207 e. The Bertz CT molecular complexity index is 547. The van der Waals surface area contributed by atoms with Crippen LogP contribution in [0.2, 0.25) is 0 Å². The molecule has 0 amide bonds. The van der Waals surface area contributed by atoms with Gasteiger partial charge in [0.2, 0.25) is 5.95 Å². The summed E-state index contributed by atoms with van der Waals surface area (Å²) in [6.07, 6.45) is 2.14. The van der Waals surface area contributed by atoms with Crippen LogP contribution in [0, 0.1) is 24.7 Å². The fourth-order valence-corrected chi connectivity index (χ4v) is 2.85. The van der Waals surface area contributed by atoms with Gasteiger partial charge in [0.15, 0.2) is 0 Å². The maximum atomic E-state index is 4.63. The second-order valence-electron chi connectivity index (χ2n) is 6.50. The number of anilines is 2. The third-order valence-corrected chi connectivity index (χ3v) is 4.05. The van der Waals surface area contributed by atoms with E-state index in [2.05, 4.69) is 60.9 Å². The monoisotopic (exact) mass is 285 g/mol. The van der Waals surface area contributed by atoms with Crippen molar-refractivity contribution >= 4 is 11.6 Å². The van der Waals surface area contributed by atoms with Crippen LogP contribution in [0.15, 0.2) is 36.5 Å². The van der Waals surface area contributed by atoms with Crippen molar-refractivity contribution in [2.45, 2.75) is 41.2 Å². The van der Waals surface area contributed by atoms with E-state index in [1.165, 1.54) is 0 Å². The Morgan fingerprint density at radius 2 is 1.67 bits per heavy atom. The fourth-order valence-electron chi connectivity index (χ4n) is 2.85. The molecule has 21 heavy (non-hydrogen) atoms. The summed E-state index contributed by atoms with van der Waals surface area (Å²) in [4.78, 5) is 4.63. The van der Waals surface area contributed by atoms with Crippen LogP contribution in [0.3, 0.4) is 0 Å². The first-order chi connectivity index (χ1) is 9.97. The highest BCUT2D eigenvalue weighted by Crippen LogP contribution is 2.25. The van der Waals surface area contributed by atoms with Crippen molar-refractivity contribution in [2.75, 3.05) is 5.32 Å². The summed E-state index contributed by atoms with van der Waals surface area (Å²) < 4.78 is 2.26. The Kier molecular flexibility index (Phi) is 5.05. The largest absolute Gasteiger partial charge is 0.326 e. The lowest BCUT2D eigenvalue weighted by Gasteiger charge is -2.26. The number of aryl methyl sites for hydroxylation is 1. The summed E-state index contributed by atoms with van der Waals surface area (Å²) in [5, 5.41) is 3.43. The SMILES string of the molecule is Cc1cn(CC(C(C)C)C(C)C)c(Nc2ccccc2)n1. The van der Waals surface area contributed by atoms with E-state index in [4.69, 9.17) is 0 Å². The maximum absolute atomic E-state index is 4.63. The molecule has 1 aromatic heterocycles. The number of benzene rings is 1. The van der Waals surface area contributed by atoms with Gasteiger partial charge in [0.1, 0.15) is 0 Å². The quantitative estimate of drug-likeness (QED) is 0.821. The Morgan fingerprint density at radius 3 is 2.24 bits per heavy atom. The van der Waals surface area contributed by atoms with E-state index in [1.807, 2.05) is 25.1 Å². The molecular weight excluding hydrogens is 258 g/mol. The molecule has 0 atom stereocenters. The van der Waals surface area contributed by atoms with Gasteiger partial charge in [-0.05, 0) is 36.8 Å². The highest BCUT2D eigenvalue weighted by molar-refractivity contribution is 5.53. The average molecular weight is 285 g/mol. The summed E-state index contributed by atoms with van der Waals surface area (Å²) in [5.41, 5.74) is 2.13. The molecule has 0 bridgehead atoms. The minimum Gasteiger partial charge on any atom is -0.326 e. The van der Waals surface area contributed by atoms with Crippen molar-refractivity contribution in [1.29, 1.82) is 0 Å². The number of nitrogens with zero attached hydrogens (tertiary/aromatic N) is 2. The Morgan fingerprint density at radius 1 is 1.05 bits per heavy atom. The van der Waals surface area contributed by atoms with E-state index in [0.29, 0.717) is 17.8 Å². The van der Waals surface area contributed by atoms with E-state index in [0.717, 1.165) is 23.9 Å². The van der Waals surface area contributed by atoms with Crippen LogP contribution in [0.4, 0.5) is 11.6 Å². The third-order valence-electron chi connectivity index (χ3n) is 4.05. The molecular formula is C18H27N3. The van der Waals surface area contributed by atoms with Gasteiger partial charge in [-0.2, -0.15) is 0 Å². The van der Waals surface area contributed by atoms with Gasteiger partial charge in [-0.3, -0.25) is 0 Å². The Hall–Kier alpha value is -1.77. The smallest absolute Gasteiger partial charge is 0.207 e. The minimum absolute atomic E-state index is 0.648.